The highest BCUT2D eigenvalue weighted by Crippen LogP contribution is 2.11. The first-order chi connectivity index (χ1) is 9.49. The first kappa shape index (κ1) is 19.8. The predicted octanol–water partition coefficient (Wildman–Crippen LogP) is 2.34. The van der Waals surface area contributed by atoms with Crippen LogP contribution >= 0.6 is 0 Å². The minimum Gasteiger partial charge on any atom is -0.384 e. The predicted molar refractivity (Wildman–Crippen MR) is 86.4 cm³/mol. The summed E-state index contributed by atoms with van der Waals surface area (Å²) in [7, 11) is 8.12. The third-order valence-corrected chi connectivity index (χ3v) is 3.59. The van der Waals surface area contributed by atoms with Crippen molar-refractivity contribution in [3.63, 3.8) is 0 Å². The van der Waals surface area contributed by atoms with Crippen molar-refractivity contribution in [2.75, 3.05) is 61.1 Å². The van der Waals surface area contributed by atoms with Crippen LogP contribution in [-0.4, -0.2) is 77.0 Å². The van der Waals surface area contributed by atoms with Crippen LogP contribution in [0.1, 0.15) is 33.1 Å². The first-order valence-electron chi connectivity index (χ1n) is 7.93. The number of likely N-dealkylation sites (tertiary alicyclic amines) is 1. The molecule has 0 radical (unpaired) electrons. The van der Waals surface area contributed by atoms with E-state index in [0.717, 1.165) is 19.8 Å². The van der Waals surface area contributed by atoms with Gasteiger partial charge < -0.3 is 19.3 Å². The van der Waals surface area contributed by atoms with Gasteiger partial charge in [-0.3, -0.25) is 0 Å². The minimum absolute atomic E-state index is 0.543. The van der Waals surface area contributed by atoms with Crippen LogP contribution in [0, 0.1) is 5.92 Å². The Balaban J connectivity index is 0.000000361. The molecule has 1 atom stereocenters. The lowest BCUT2D eigenvalue weighted by Gasteiger charge is -2.28. The highest BCUT2D eigenvalue weighted by molar-refractivity contribution is 4.69. The van der Waals surface area contributed by atoms with Gasteiger partial charge >= 0.3 is 0 Å². The van der Waals surface area contributed by atoms with Crippen molar-refractivity contribution in [1.82, 2.24) is 9.80 Å². The van der Waals surface area contributed by atoms with Gasteiger partial charge in [-0.2, -0.15) is 0 Å². The lowest BCUT2D eigenvalue weighted by Crippen LogP contribution is -2.34. The molecule has 1 aliphatic heterocycles. The smallest absolute Gasteiger partial charge is 0.0599 e. The number of nitrogens with zero attached hydrogens (tertiary/aromatic N) is 2. The van der Waals surface area contributed by atoms with E-state index >= 15 is 0 Å². The summed E-state index contributed by atoms with van der Waals surface area (Å²) >= 11 is 0. The van der Waals surface area contributed by atoms with E-state index in [9.17, 15) is 0 Å². The van der Waals surface area contributed by atoms with Crippen molar-refractivity contribution in [3.8, 4) is 0 Å². The molecule has 1 unspecified atom stereocenters. The quantitative estimate of drug-likeness (QED) is 0.718. The molecule has 20 heavy (non-hydrogen) atoms. The van der Waals surface area contributed by atoms with Gasteiger partial charge in [0.2, 0.25) is 0 Å². The van der Waals surface area contributed by atoms with Gasteiger partial charge in [0.25, 0.3) is 0 Å². The maximum absolute atomic E-state index is 5.50. The molecular formula is C16H36N2O2. The zero-order valence-electron chi connectivity index (χ0n) is 14.5. The number of hydrogen-bond acceptors (Lipinski definition) is 4. The van der Waals surface area contributed by atoms with E-state index in [1.165, 1.54) is 32.4 Å². The third kappa shape index (κ3) is 11.6. The average Bonchev–Trinajstić information content (AvgIpc) is 2.40. The molecule has 0 aliphatic carbocycles. The Kier molecular flexibility index (Phi) is 12.5. The fourth-order valence-corrected chi connectivity index (χ4v) is 2.23. The molecule has 0 spiro atoms. The van der Waals surface area contributed by atoms with Crippen molar-refractivity contribution in [2.24, 2.45) is 5.92 Å². The summed E-state index contributed by atoms with van der Waals surface area (Å²) in [6.07, 6.45) is 4.19. The molecule has 4 nitrogen and oxygen atoms in total. The van der Waals surface area contributed by atoms with E-state index in [0.29, 0.717) is 12.0 Å². The molecule has 1 heterocycles. The summed E-state index contributed by atoms with van der Waals surface area (Å²) in [5, 5.41) is 0. The molecule has 1 fully saturated rings. The highest BCUT2D eigenvalue weighted by atomic mass is 16.5. The minimum atomic E-state index is 0.543. The van der Waals surface area contributed by atoms with Crippen LogP contribution in [0.5, 0.6) is 0 Å². The molecule has 4 heteroatoms. The van der Waals surface area contributed by atoms with Gasteiger partial charge in [-0.1, -0.05) is 6.92 Å². The lowest BCUT2D eigenvalue weighted by molar-refractivity contribution is 0.0197. The van der Waals surface area contributed by atoms with Gasteiger partial charge in [0.05, 0.1) is 6.10 Å². The zero-order chi connectivity index (χ0) is 15.4. The van der Waals surface area contributed by atoms with E-state index in [4.69, 9.17) is 9.47 Å². The fraction of sp³-hybridized carbons (Fsp3) is 1.00. The van der Waals surface area contributed by atoms with Crippen LogP contribution in [0.25, 0.3) is 0 Å². The average molecular weight is 288 g/mol. The molecule has 1 aliphatic rings. The summed E-state index contributed by atoms with van der Waals surface area (Å²) in [5.41, 5.74) is 0. The Hall–Kier alpha value is -0.160. The van der Waals surface area contributed by atoms with Crippen molar-refractivity contribution in [2.45, 2.75) is 39.2 Å². The second-order valence-corrected chi connectivity index (χ2v) is 6.11. The van der Waals surface area contributed by atoms with Crippen molar-refractivity contribution < 1.29 is 9.47 Å². The fourth-order valence-electron chi connectivity index (χ4n) is 2.23. The molecular weight excluding hydrogens is 252 g/mol. The molecule has 0 aromatic carbocycles. The Bertz CT molecular complexity index is 205. The molecule has 0 bridgehead atoms. The number of methoxy groups -OCH3 is 1. The zero-order valence-corrected chi connectivity index (χ0v) is 14.5. The Labute approximate surface area is 126 Å². The standard InChI is InChI=1S/C8H17NO.C8H19NO/c1-3-10-8-4-6-9(2)7-5-8;1-8(7-10-4)5-6-9(2)3/h8H,3-7H2,1-2H3;8H,5-7H2,1-4H3. The number of ether oxygens (including phenoxy) is 2. The highest BCUT2D eigenvalue weighted by Gasteiger charge is 2.15. The van der Waals surface area contributed by atoms with E-state index in [1.807, 2.05) is 0 Å². The Morgan fingerprint density at radius 1 is 1.25 bits per heavy atom. The Morgan fingerprint density at radius 3 is 2.30 bits per heavy atom. The Morgan fingerprint density at radius 2 is 1.85 bits per heavy atom. The van der Waals surface area contributed by atoms with Crippen molar-refractivity contribution in [1.29, 1.82) is 0 Å². The number of piperidine rings is 1. The summed E-state index contributed by atoms with van der Waals surface area (Å²) in [6, 6.07) is 0. The molecule has 0 aromatic heterocycles. The molecule has 0 N–H and O–H groups in total. The summed E-state index contributed by atoms with van der Waals surface area (Å²) in [5.74, 6) is 0.687. The van der Waals surface area contributed by atoms with Gasteiger partial charge in [-0.15, -0.1) is 0 Å². The molecule has 0 saturated carbocycles. The van der Waals surface area contributed by atoms with Crippen LogP contribution in [0.2, 0.25) is 0 Å². The van der Waals surface area contributed by atoms with Gasteiger partial charge in [0.1, 0.15) is 0 Å². The second-order valence-electron chi connectivity index (χ2n) is 6.11. The van der Waals surface area contributed by atoms with Crippen molar-refractivity contribution in [3.05, 3.63) is 0 Å². The van der Waals surface area contributed by atoms with Crippen LogP contribution in [-0.2, 0) is 9.47 Å². The van der Waals surface area contributed by atoms with Crippen LogP contribution in [0.4, 0.5) is 0 Å². The monoisotopic (exact) mass is 288 g/mol. The van der Waals surface area contributed by atoms with Gasteiger partial charge in [-0.25, -0.2) is 0 Å². The van der Waals surface area contributed by atoms with Crippen LogP contribution in [0.3, 0.4) is 0 Å². The topological polar surface area (TPSA) is 24.9 Å². The SMILES string of the molecule is CCOC1CCN(C)CC1.COCC(C)CCN(C)C. The third-order valence-electron chi connectivity index (χ3n) is 3.59. The molecule has 1 rings (SSSR count). The molecule has 1 saturated heterocycles. The number of rotatable bonds is 7. The van der Waals surface area contributed by atoms with Gasteiger partial charge in [-0.05, 0) is 59.8 Å². The van der Waals surface area contributed by atoms with Crippen molar-refractivity contribution >= 4 is 0 Å². The summed E-state index contributed by atoms with van der Waals surface area (Å²) in [4.78, 5) is 4.56. The van der Waals surface area contributed by atoms with E-state index in [-0.39, 0.29) is 0 Å². The van der Waals surface area contributed by atoms with E-state index in [2.05, 4.69) is 44.8 Å². The van der Waals surface area contributed by atoms with Crippen LogP contribution in [0.15, 0.2) is 0 Å². The lowest BCUT2D eigenvalue weighted by atomic mass is 10.1. The second kappa shape index (κ2) is 12.6. The van der Waals surface area contributed by atoms with Crippen LogP contribution < -0.4 is 0 Å². The van der Waals surface area contributed by atoms with E-state index < -0.39 is 0 Å². The maximum atomic E-state index is 5.50. The molecule has 0 amide bonds. The normalized spacial score (nSPS) is 18.8. The first-order valence-corrected chi connectivity index (χ1v) is 7.93. The molecule has 122 valence electrons. The maximum Gasteiger partial charge on any atom is 0.0599 e. The summed E-state index contributed by atoms with van der Waals surface area (Å²) in [6.45, 7) is 9.59. The van der Waals surface area contributed by atoms with Gasteiger partial charge in [0, 0.05) is 33.4 Å². The number of hydrogen-bond donors (Lipinski definition) is 0. The molecule has 0 aromatic rings. The largest absolute Gasteiger partial charge is 0.384 e. The van der Waals surface area contributed by atoms with Gasteiger partial charge in [0.15, 0.2) is 0 Å². The summed E-state index contributed by atoms with van der Waals surface area (Å²) < 4.78 is 10.5. The van der Waals surface area contributed by atoms with E-state index in [1.54, 1.807) is 7.11 Å².